The van der Waals surface area contributed by atoms with Crippen LogP contribution in [0.15, 0.2) is 0 Å². The summed E-state index contributed by atoms with van der Waals surface area (Å²) in [5.74, 6) is -0.515. The Morgan fingerprint density at radius 3 is 2.80 bits per heavy atom. The van der Waals surface area contributed by atoms with Gasteiger partial charge in [-0.3, -0.25) is 0 Å². The Bertz CT molecular complexity index is 105. The van der Waals surface area contributed by atoms with Crippen molar-refractivity contribution in [3.05, 3.63) is 0 Å². The van der Waals surface area contributed by atoms with Crippen molar-refractivity contribution in [2.75, 3.05) is 11.0 Å². The molecule has 0 spiro atoms. The summed E-state index contributed by atoms with van der Waals surface area (Å²) in [6, 6.07) is 0. The summed E-state index contributed by atoms with van der Waals surface area (Å²) in [5.41, 5.74) is 0. The van der Waals surface area contributed by atoms with E-state index in [1.807, 2.05) is 0 Å². The molecule has 4 heteroatoms. The molecule has 0 fully saturated rings. The Labute approximate surface area is 73.9 Å². The predicted octanol–water partition coefficient (Wildman–Crippen LogP) is 0.736. The third-order valence-corrected chi connectivity index (χ3v) is 1.56. The largest absolute Gasteiger partial charge is 0.464 e. The van der Waals surface area contributed by atoms with Gasteiger partial charge in [0.05, 0.1) is 6.61 Å². The lowest BCUT2D eigenvalue weighted by atomic mass is 10.3. The molecular weight excluding hydrogens is 247 g/mol. The monoisotopic (exact) mass is 258 g/mol. The van der Waals surface area contributed by atoms with Crippen molar-refractivity contribution in [2.24, 2.45) is 0 Å². The minimum absolute atomic E-state index is 0.330. The van der Waals surface area contributed by atoms with Gasteiger partial charge in [-0.05, 0) is 13.3 Å². The second-order valence-corrected chi connectivity index (χ2v) is 2.82. The summed E-state index contributed by atoms with van der Waals surface area (Å²) >= 11 is 2.10. The van der Waals surface area contributed by atoms with Gasteiger partial charge in [-0.2, -0.15) is 0 Å². The highest BCUT2D eigenvalue weighted by Gasteiger charge is 2.13. The average molecular weight is 258 g/mol. The molecule has 1 N–H and O–H groups in total. The van der Waals surface area contributed by atoms with Crippen molar-refractivity contribution >= 4 is 28.6 Å². The summed E-state index contributed by atoms with van der Waals surface area (Å²) in [6.45, 7) is 2.05. The SMILES string of the molecule is CCOC(=O)[C@@H](O)CCI. The van der Waals surface area contributed by atoms with Gasteiger partial charge in [0, 0.05) is 4.43 Å². The maximum atomic E-state index is 10.7. The van der Waals surface area contributed by atoms with E-state index in [1.54, 1.807) is 6.92 Å². The molecule has 0 aliphatic heterocycles. The van der Waals surface area contributed by atoms with E-state index in [0.29, 0.717) is 13.0 Å². The molecule has 0 aromatic carbocycles. The van der Waals surface area contributed by atoms with Gasteiger partial charge in [0.15, 0.2) is 6.10 Å². The van der Waals surface area contributed by atoms with E-state index in [0.717, 1.165) is 4.43 Å². The van der Waals surface area contributed by atoms with Gasteiger partial charge >= 0.3 is 5.97 Å². The maximum Gasteiger partial charge on any atom is 0.334 e. The molecule has 0 heterocycles. The summed E-state index contributed by atoms with van der Waals surface area (Å²) in [7, 11) is 0. The van der Waals surface area contributed by atoms with Crippen LogP contribution in [0.1, 0.15) is 13.3 Å². The first kappa shape index (κ1) is 10.2. The normalized spacial score (nSPS) is 12.7. The maximum absolute atomic E-state index is 10.7. The molecule has 3 nitrogen and oxygen atoms in total. The molecule has 0 amide bonds. The number of hydrogen-bond donors (Lipinski definition) is 1. The lowest BCUT2D eigenvalue weighted by Crippen LogP contribution is -2.23. The van der Waals surface area contributed by atoms with Gasteiger partial charge < -0.3 is 9.84 Å². The highest BCUT2D eigenvalue weighted by molar-refractivity contribution is 14.1. The number of carbonyl (C=O) groups is 1. The minimum atomic E-state index is -0.933. The molecule has 0 radical (unpaired) electrons. The van der Waals surface area contributed by atoms with E-state index in [4.69, 9.17) is 5.11 Å². The van der Waals surface area contributed by atoms with Crippen LogP contribution in [-0.2, 0) is 9.53 Å². The van der Waals surface area contributed by atoms with Crippen LogP contribution in [0.25, 0.3) is 0 Å². The molecule has 0 rings (SSSR count). The van der Waals surface area contributed by atoms with Crippen LogP contribution in [0.5, 0.6) is 0 Å². The molecular formula is C6H11IO3. The van der Waals surface area contributed by atoms with Crippen LogP contribution < -0.4 is 0 Å². The molecule has 60 valence electrons. The number of halogens is 1. The topological polar surface area (TPSA) is 46.5 Å². The second kappa shape index (κ2) is 5.91. The summed E-state index contributed by atoms with van der Waals surface area (Å²) in [6.07, 6.45) is -0.462. The fourth-order valence-corrected chi connectivity index (χ4v) is 1.05. The first-order chi connectivity index (χ1) is 4.72. The van der Waals surface area contributed by atoms with Gasteiger partial charge in [0.25, 0.3) is 0 Å². The van der Waals surface area contributed by atoms with E-state index in [9.17, 15) is 4.79 Å². The fraction of sp³-hybridized carbons (Fsp3) is 0.833. The molecule has 0 aliphatic carbocycles. The third kappa shape index (κ3) is 4.05. The highest BCUT2D eigenvalue weighted by Crippen LogP contribution is 1.98. The minimum Gasteiger partial charge on any atom is -0.464 e. The van der Waals surface area contributed by atoms with Crippen molar-refractivity contribution in [3.63, 3.8) is 0 Å². The van der Waals surface area contributed by atoms with Crippen molar-refractivity contribution in [1.29, 1.82) is 0 Å². The number of aliphatic hydroxyl groups is 1. The van der Waals surface area contributed by atoms with Gasteiger partial charge in [-0.25, -0.2) is 4.79 Å². The van der Waals surface area contributed by atoms with Crippen LogP contribution in [0.4, 0.5) is 0 Å². The van der Waals surface area contributed by atoms with Crippen molar-refractivity contribution in [3.8, 4) is 0 Å². The third-order valence-electron chi connectivity index (χ3n) is 0.941. The fourth-order valence-electron chi connectivity index (χ4n) is 0.460. The Balaban J connectivity index is 3.49. The molecule has 0 aromatic heterocycles. The number of esters is 1. The number of hydrogen-bond acceptors (Lipinski definition) is 3. The zero-order chi connectivity index (χ0) is 7.98. The Morgan fingerprint density at radius 1 is 1.80 bits per heavy atom. The first-order valence-electron chi connectivity index (χ1n) is 3.13. The first-order valence-corrected chi connectivity index (χ1v) is 4.65. The average Bonchev–Trinajstić information content (AvgIpc) is 1.89. The van der Waals surface area contributed by atoms with E-state index in [-0.39, 0.29) is 0 Å². The Hall–Kier alpha value is 0.160. The lowest BCUT2D eigenvalue weighted by Gasteiger charge is -2.06. The van der Waals surface area contributed by atoms with E-state index >= 15 is 0 Å². The number of rotatable bonds is 4. The number of aliphatic hydroxyl groups excluding tert-OH is 1. The number of alkyl halides is 1. The Kier molecular flexibility index (Phi) is 6.00. The lowest BCUT2D eigenvalue weighted by molar-refractivity contribution is -0.152. The molecule has 0 aromatic rings. The van der Waals surface area contributed by atoms with Crippen LogP contribution in [0.3, 0.4) is 0 Å². The van der Waals surface area contributed by atoms with Crippen LogP contribution in [-0.4, -0.2) is 28.2 Å². The summed E-state index contributed by atoms with van der Waals surface area (Å²) in [5, 5.41) is 8.97. The molecule has 0 bridgehead atoms. The second-order valence-electron chi connectivity index (χ2n) is 1.75. The quantitative estimate of drug-likeness (QED) is 0.459. The van der Waals surface area contributed by atoms with Crippen LogP contribution in [0.2, 0.25) is 0 Å². The summed E-state index contributed by atoms with van der Waals surface area (Å²) < 4.78 is 5.33. The molecule has 0 aliphatic rings. The standard InChI is InChI=1S/C6H11IO3/c1-2-10-6(9)5(8)3-4-7/h5,8H,2-4H2,1H3/t5-/m0/s1. The van der Waals surface area contributed by atoms with Crippen LogP contribution in [0, 0.1) is 0 Å². The molecule has 0 saturated carbocycles. The van der Waals surface area contributed by atoms with Crippen molar-refractivity contribution in [2.45, 2.75) is 19.4 Å². The molecule has 10 heavy (non-hydrogen) atoms. The smallest absolute Gasteiger partial charge is 0.334 e. The predicted molar refractivity (Wildman–Crippen MR) is 46.1 cm³/mol. The van der Waals surface area contributed by atoms with Gasteiger partial charge in [0.2, 0.25) is 0 Å². The molecule has 0 unspecified atom stereocenters. The van der Waals surface area contributed by atoms with E-state index in [1.165, 1.54) is 0 Å². The van der Waals surface area contributed by atoms with E-state index in [2.05, 4.69) is 27.3 Å². The van der Waals surface area contributed by atoms with Crippen molar-refractivity contribution < 1.29 is 14.6 Å². The summed E-state index contributed by atoms with van der Waals surface area (Å²) in [4.78, 5) is 10.7. The molecule has 1 atom stereocenters. The zero-order valence-electron chi connectivity index (χ0n) is 5.84. The van der Waals surface area contributed by atoms with Gasteiger partial charge in [-0.1, -0.05) is 22.6 Å². The van der Waals surface area contributed by atoms with Gasteiger partial charge in [-0.15, -0.1) is 0 Å². The van der Waals surface area contributed by atoms with E-state index < -0.39 is 12.1 Å². The molecule has 0 saturated heterocycles. The zero-order valence-corrected chi connectivity index (χ0v) is 8.00. The number of carbonyl (C=O) groups excluding carboxylic acids is 1. The highest BCUT2D eigenvalue weighted by atomic mass is 127. The van der Waals surface area contributed by atoms with Crippen molar-refractivity contribution in [1.82, 2.24) is 0 Å². The Morgan fingerprint density at radius 2 is 2.40 bits per heavy atom. The number of ether oxygens (including phenoxy) is 1. The van der Waals surface area contributed by atoms with Gasteiger partial charge in [0.1, 0.15) is 0 Å². The van der Waals surface area contributed by atoms with Crippen LogP contribution >= 0.6 is 22.6 Å².